The molecular formula is C14H23N3O. The summed E-state index contributed by atoms with van der Waals surface area (Å²) in [5.41, 5.74) is 0. The van der Waals surface area contributed by atoms with E-state index in [1.807, 2.05) is 0 Å². The molecule has 0 spiro atoms. The highest BCUT2D eigenvalue weighted by Crippen LogP contribution is 2.37. The Morgan fingerprint density at radius 1 is 1.11 bits per heavy atom. The van der Waals surface area contributed by atoms with Crippen molar-refractivity contribution in [2.45, 2.75) is 63.8 Å². The average Bonchev–Trinajstić information content (AvgIpc) is 2.97. The van der Waals surface area contributed by atoms with Gasteiger partial charge in [-0.1, -0.05) is 12.1 Å². The normalized spacial score (nSPS) is 37.0. The molecule has 0 radical (unpaired) electrons. The summed E-state index contributed by atoms with van der Waals surface area (Å²) in [4.78, 5) is 4.68. The van der Waals surface area contributed by atoms with Crippen molar-refractivity contribution in [3.05, 3.63) is 11.7 Å². The molecule has 1 saturated carbocycles. The van der Waals surface area contributed by atoms with Crippen molar-refractivity contribution >= 4 is 0 Å². The minimum atomic E-state index is 0.460. The molecule has 2 fully saturated rings. The predicted molar refractivity (Wildman–Crippen MR) is 69.5 cm³/mol. The van der Waals surface area contributed by atoms with Gasteiger partial charge in [0, 0.05) is 17.9 Å². The lowest BCUT2D eigenvalue weighted by molar-refractivity contribution is 0.293. The van der Waals surface area contributed by atoms with Crippen LogP contribution in [0.5, 0.6) is 0 Å². The Kier molecular flexibility index (Phi) is 3.37. The van der Waals surface area contributed by atoms with E-state index in [0.29, 0.717) is 17.9 Å². The first-order valence-electron chi connectivity index (χ1n) is 7.29. The van der Waals surface area contributed by atoms with Crippen LogP contribution in [0.2, 0.25) is 0 Å². The Labute approximate surface area is 109 Å². The SMILES string of the molecule is CC1CCC(c2noc(C3CCNC(C)C3)n2)C1. The smallest absolute Gasteiger partial charge is 0.229 e. The van der Waals surface area contributed by atoms with E-state index in [9.17, 15) is 0 Å². The van der Waals surface area contributed by atoms with Crippen LogP contribution in [-0.4, -0.2) is 22.7 Å². The molecule has 2 aliphatic rings. The third kappa shape index (κ3) is 2.44. The van der Waals surface area contributed by atoms with Crippen molar-refractivity contribution in [3.63, 3.8) is 0 Å². The second-order valence-corrected chi connectivity index (χ2v) is 6.18. The Balaban J connectivity index is 1.69. The number of aromatic nitrogens is 2. The number of hydrogen-bond acceptors (Lipinski definition) is 4. The molecule has 1 aliphatic heterocycles. The summed E-state index contributed by atoms with van der Waals surface area (Å²) in [5, 5.41) is 7.69. The van der Waals surface area contributed by atoms with Crippen molar-refractivity contribution in [1.29, 1.82) is 0 Å². The van der Waals surface area contributed by atoms with Gasteiger partial charge >= 0.3 is 0 Å². The molecule has 4 unspecified atom stereocenters. The molecule has 4 nitrogen and oxygen atoms in total. The average molecular weight is 249 g/mol. The van der Waals surface area contributed by atoms with Gasteiger partial charge in [-0.2, -0.15) is 4.98 Å². The van der Waals surface area contributed by atoms with Crippen molar-refractivity contribution in [2.75, 3.05) is 6.54 Å². The molecule has 1 aliphatic carbocycles. The van der Waals surface area contributed by atoms with E-state index in [2.05, 4.69) is 29.3 Å². The highest BCUT2D eigenvalue weighted by Gasteiger charge is 2.29. The van der Waals surface area contributed by atoms with Crippen molar-refractivity contribution in [1.82, 2.24) is 15.5 Å². The van der Waals surface area contributed by atoms with Crippen molar-refractivity contribution < 1.29 is 4.52 Å². The summed E-state index contributed by atoms with van der Waals surface area (Å²) >= 11 is 0. The maximum absolute atomic E-state index is 5.51. The molecular weight excluding hydrogens is 226 g/mol. The quantitative estimate of drug-likeness (QED) is 0.875. The van der Waals surface area contributed by atoms with E-state index >= 15 is 0 Å². The number of piperidine rings is 1. The molecule has 0 amide bonds. The molecule has 4 atom stereocenters. The van der Waals surface area contributed by atoms with E-state index < -0.39 is 0 Å². The van der Waals surface area contributed by atoms with E-state index in [1.165, 1.54) is 19.3 Å². The van der Waals surface area contributed by atoms with Gasteiger partial charge < -0.3 is 9.84 Å². The third-order valence-corrected chi connectivity index (χ3v) is 4.49. The molecule has 4 heteroatoms. The van der Waals surface area contributed by atoms with Crippen LogP contribution in [0.4, 0.5) is 0 Å². The summed E-state index contributed by atoms with van der Waals surface area (Å²) in [6, 6.07) is 0.561. The van der Waals surface area contributed by atoms with Crippen LogP contribution in [0.1, 0.15) is 69.5 Å². The third-order valence-electron chi connectivity index (χ3n) is 4.49. The van der Waals surface area contributed by atoms with Crippen LogP contribution in [0.25, 0.3) is 0 Å². The molecule has 3 rings (SSSR count). The van der Waals surface area contributed by atoms with Gasteiger partial charge in [0.1, 0.15) is 0 Å². The number of nitrogens with one attached hydrogen (secondary N) is 1. The zero-order valence-electron chi connectivity index (χ0n) is 11.4. The first kappa shape index (κ1) is 12.2. The largest absolute Gasteiger partial charge is 0.339 e. The highest BCUT2D eigenvalue weighted by atomic mass is 16.5. The van der Waals surface area contributed by atoms with Gasteiger partial charge in [0.15, 0.2) is 5.82 Å². The highest BCUT2D eigenvalue weighted by molar-refractivity contribution is 5.03. The minimum absolute atomic E-state index is 0.460. The van der Waals surface area contributed by atoms with Crippen LogP contribution in [0, 0.1) is 5.92 Å². The fourth-order valence-corrected chi connectivity index (χ4v) is 3.38. The lowest BCUT2D eigenvalue weighted by atomic mass is 9.93. The maximum Gasteiger partial charge on any atom is 0.229 e. The number of hydrogen-bond donors (Lipinski definition) is 1. The first-order valence-corrected chi connectivity index (χ1v) is 7.29. The van der Waals surface area contributed by atoms with Gasteiger partial charge in [0.25, 0.3) is 0 Å². The van der Waals surface area contributed by atoms with Crippen LogP contribution in [0.3, 0.4) is 0 Å². The molecule has 18 heavy (non-hydrogen) atoms. The predicted octanol–water partition coefficient (Wildman–Crippen LogP) is 2.83. The van der Waals surface area contributed by atoms with E-state index in [1.54, 1.807) is 0 Å². The van der Waals surface area contributed by atoms with Gasteiger partial charge in [-0.15, -0.1) is 0 Å². The minimum Gasteiger partial charge on any atom is -0.339 e. The van der Waals surface area contributed by atoms with Crippen LogP contribution in [-0.2, 0) is 0 Å². The van der Waals surface area contributed by atoms with Crippen LogP contribution < -0.4 is 5.32 Å². The lowest BCUT2D eigenvalue weighted by Gasteiger charge is -2.25. The molecule has 0 bridgehead atoms. The lowest BCUT2D eigenvalue weighted by Crippen LogP contribution is -2.34. The van der Waals surface area contributed by atoms with Crippen molar-refractivity contribution in [3.8, 4) is 0 Å². The first-order chi connectivity index (χ1) is 8.72. The van der Waals surface area contributed by atoms with Crippen LogP contribution in [0.15, 0.2) is 4.52 Å². The zero-order chi connectivity index (χ0) is 12.5. The van der Waals surface area contributed by atoms with E-state index in [-0.39, 0.29) is 0 Å². The van der Waals surface area contributed by atoms with Crippen molar-refractivity contribution in [2.24, 2.45) is 5.92 Å². The van der Waals surface area contributed by atoms with Gasteiger partial charge in [0.05, 0.1) is 0 Å². The summed E-state index contributed by atoms with van der Waals surface area (Å²) in [5.74, 6) is 3.65. The van der Waals surface area contributed by atoms with Crippen LogP contribution >= 0.6 is 0 Å². The van der Waals surface area contributed by atoms with Gasteiger partial charge in [-0.25, -0.2) is 0 Å². The second-order valence-electron chi connectivity index (χ2n) is 6.18. The zero-order valence-corrected chi connectivity index (χ0v) is 11.4. The summed E-state index contributed by atoms with van der Waals surface area (Å²) in [6.45, 7) is 5.60. The Morgan fingerprint density at radius 3 is 2.72 bits per heavy atom. The molecule has 2 heterocycles. The fourth-order valence-electron chi connectivity index (χ4n) is 3.38. The molecule has 0 aromatic carbocycles. The summed E-state index contributed by atoms with van der Waals surface area (Å²) in [7, 11) is 0. The standard InChI is InChI=1S/C14H23N3O/c1-9-3-4-11(7-9)13-16-14(18-17-13)12-5-6-15-10(2)8-12/h9-12,15H,3-8H2,1-2H3. The molecule has 1 saturated heterocycles. The van der Waals surface area contributed by atoms with E-state index in [4.69, 9.17) is 4.52 Å². The number of nitrogens with zero attached hydrogens (tertiary/aromatic N) is 2. The molecule has 1 N–H and O–H groups in total. The van der Waals surface area contributed by atoms with Gasteiger partial charge in [-0.05, 0) is 51.5 Å². The topological polar surface area (TPSA) is 51.0 Å². The number of rotatable bonds is 2. The fraction of sp³-hybridized carbons (Fsp3) is 0.857. The van der Waals surface area contributed by atoms with E-state index in [0.717, 1.165) is 37.0 Å². The van der Waals surface area contributed by atoms with Gasteiger partial charge in [0.2, 0.25) is 5.89 Å². The molecule has 1 aromatic rings. The Hall–Kier alpha value is -0.900. The summed E-state index contributed by atoms with van der Waals surface area (Å²) in [6.07, 6.45) is 5.99. The second kappa shape index (κ2) is 5.00. The summed E-state index contributed by atoms with van der Waals surface area (Å²) < 4.78 is 5.51. The Morgan fingerprint density at radius 2 is 2.00 bits per heavy atom. The molecule has 100 valence electrons. The Bertz CT molecular complexity index is 403. The maximum atomic E-state index is 5.51. The van der Waals surface area contributed by atoms with Gasteiger partial charge in [-0.3, -0.25) is 0 Å². The molecule has 1 aromatic heterocycles. The monoisotopic (exact) mass is 249 g/mol.